The van der Waals surface area contributed by atoms with Crippen LogP contribution < -0.4 is 0 Å². The summed E-state index contributed by atoms with van der Waals surface area (Å²) >= 11 is 0. The minimum Gasteiger partial charge on any atom is -0.291 e. The Kier molecular flexibility index (Phi) is 8.52. The van der Waals surface area contributed by atoms with Gasteiger partial charge in [-0.3, -0.25) is 4.57 Å². The predicted octanol–water partition coefficient (Wildman–Crippen LogP) is 13.0. The van der Waals surface area contributed by atoms with E-state index in [0.717, 1.165) is 61.8 Å². The van der Waals surface area contributed by atoms with E-state index >= 15 is 0 Å². The van der Waals surface area contributed by atoms with Crippen LogP contribution in [0.5, 0.6) is 0 Å². The lowest BCUT2D eigenvalue weighted by Gasteiger charge is -2.42. The van der Waals surface area contributed by atoms with Gasteiger partial charge in [0.05, 0.1) is 16.7 Å². The quantitative estimate of drug-likeness (QED) is 0.159. The lowest BCUT2D eigenvalue weighted by atomic mass is 9.60. The summed E-state index contributed by atoms with van der Waals surface area (Å²) in [6.45, 7) is 0. The summed E-state index contributed by atoms with van der Waals surface area (Å²) in [5.74, 6) is 3.43. The third kappa shape index (κ3) is 6.20. The highest BCUT2D eigenvalue weighted by Crippen LogP contribution is 2.56. The van der Waals surface area contributed by atoms with E-state index in [-0.39, 0.29) is 11.8 Å². The van der Waals surface area contributed by atoms with Crippen LogP contribution in [0.2, 0.25) is 0 Å². The molecule has 0 amide bonds. The SMILES string of the molecule is c1ccc(-c2nc(-c3ccc4c(c3)C3c5ccccc5C4c4cc(-c5nc(-c6ccccc6)nc(-c6ccccc6)n5)ccc43)cc(-c3nc4ccccc4n3-c3ccccc3)n2)cc1. The van der Waals surface area contributed by atoms with E-state index in [1.54, 1.807) is 0 Å². The first kappa shape index (κ1) is 36.9. The number of fused-ring (bicyclic) bond motifs is 1. The maximum atomic E-state index is 5.29. The van der Waals surface area contributed by atoms with E-state index < -0.39 is 0 Å². The van der Waals surface area contributed by atoms with Gasteiger partial charge in [0.15, 0.2) is 29.1 Å². The molecule has 304 valence electrons. The number of hydrogen-bond donors (Lipinski definition) is 0. The molecular weight excluding hydrogens is 795 g/mol. The standard InChI is InChI=1S/C58H37N7/c1-5-17-36(18-6-1)54-59-49(35-50(60-54)58-61-48-27-15-16-28-51(48)65(58)41-23-11-4-12-24-41)39-29-31-44-46(33-39)52-42-25-13-14-26-43(42)53(44)47-34-40(30-32-45(47)52)57-63-55(37-19-7-2-8-20-37)62-56(64-57)38-21-9-3-10-22-38/h1-35,52-53H. The summed E-state index contributed by atoms with van der Waals surface area (Å²) in [5, 5.41) is 0. The van der Waals surface area contributed by atoms with Gasteiger partial charge < -0.3 is 0 Å². The first-order chi connectivity index (χ1) is 32.2. The number of aromatic nitrogens is 7. The molecule has 0 radical (unpaired) electrons. The average molecular weight is 832 g/mol. The van der Waals surface area contributed by atoms with Crippen LogP contribution >= 0.6 is 0 Å². The van der Waals surface area contributed by atoms with Crippen molar-refractivity contribution >= 4 is 11.0 Å². The number of hydrogen-bond acceptors (Lipinski definition) is 6. The molecule has 7 nitrogen and oxygen atoms in total. The van der Waals surface area contributed by atoms with Crippen molar-refractivity contribution in [1.82, 2.24) is 34.5 Å². The molecule has 0 fully saturated rings. The van der Waals surface area contributed by atoms with Crippen LogP contribution in [0.15, 0.2) is 212 Å². The number of rotatable bonds is 7. The molecule has 2 unspecified atom stereocenters. The van der Waals surface area contributed by atoms with E-state index in [9.17, 15) is 0 Å². The van der Waals surface area contributed by atoms with Gasteiger partial charge in [-0.15, -0.1) is 0 Å². The van der Waals surface area contributed by atoms with Crippen molar-refractivity contribution in [3.63, 3.8) is 0 Å². The van der Waals surface area contributed by atoms with Crippen molar-refractivity contribution in [2.24, 2.45) is 0 Å². The summed E-state index contributed by atoms with van der Waals surface area (Å²) in [7, 11) is 0. The molecule has 14 rings (SSSR count). The third-order valence-corrected chi connectivity index (χ3v) is 12.9. The molecule has 0 N–H and O–H groups in total. The Balaban J connectivity index is 0.957. The smallest absolute Gasteiger partial charge is 0.164 e. The van der Waals surface area contributed by atoms with E-state index in [0.29, 0.717) is 23.3 Å². The fourth-order valence-electron chi connectivity index (χ4n) is 9.92. The Hall–Kier alpha value is -8.68. The van der Waals surface area contributed by atoms with Crippen molar-refractivity contribution in [3.05, 3.63) is 246 Å². The fourth-order valence-corrected chi connectivity index (χ4v) is 9.92. The number of imidazole rings is 1. The first-order valence-corrected chi connectivity index (χ1v) is 21.9. The molecule has 11 aromatic rings. The van der Waals surface area contributed by atoms with Crippen molar-refractivity contribution in [2.45, 2.75) is 11.8 Å². The molecule has 2 bridgehead atoms. The summed E-state index contributed by atoms with van der Waals surface area (Å²) < 4.78 is 2.20. The van der Waals surface area contributed by atoms with Crippen LogP contribution in [0.25, 0.3) is 85.0 Å². The highest BCUT2D eigenvalue weighted by atomic mass is 15.1. The Morgan fingerprint density at radius 1 is 0.292 bits per heavy atom. The average Bonchev–Trinajstić information content (AvgIpc) is 3.79. The Bertz CT molecular complexity index is 3550. The lowest BCUT2D eigenvalue weighted by molar-refractivity contribution is 0.754. The molecule has 0 saturated carbocycles. The second kappa shape index (κ2) is 15.0. The first-order valence-electron chi connectivity index (χ1n) is 21.9. The van der Waals surface area contributed by atoms with Gasteiger partial charge in [-0.25, -0.2) is 29.9 Å². The summed E-state index contributed by atoms with van der Waals surface area (Å²) in [6.07, 6.45) is 0. The van der Waals surface area contributed by atoms with Gasteiger partial charge in [-0.05, 0) is 75.8 Å². The van der Waals surface area contributed by atoms with Gasteiger partial charge in [0.1, 0.15) is 5.69 Å². The molecule has 2 atom stereocenters. The second-order valence-corrected chi connectivity index (χ2v) is 16.6. The largest absolute Gasteiger partial charge is 0.291 e. The van der Waals surface area contributed by atoms with Gasteiger partial charge in [0.25, 0.3) is 0 Å². The molecule has 0 aliphatic heterocycles. The van der Waals surface area contributed by atoms with Crippen molar-refractivity contribution in [2.75, 3.05) is 0 Å². The maximum Gasteiger partial charge on any atom is 0.164 e. The van der Waals surface area contributed by atoms with Crippen LogP contribution in [0.3, 0.4) is 0 Å². The van der Waals surface area contributed by atoms with Crippen molar-refractivity contribution in [3.8, 4) is 74.0 Å². The van der Waals surface area contributed by atoms with Gasteiger partial charge in [0.2, 0.25) is 0 Å². The zero-order valence-corrected chi connectivity index (χ0v) is 35.0. The number of para-hydroxylation sites is 3. The molecule has 3 aliphatic carbocycles. The van der Waals surface area contributed by atoms with Crippen LogP contribution in [0.4, 0.5) is 0 Å². The number of nitrogens with zero attached hydrogens (tertiary/aromatic N) is 7. The van der Waals surface area contributed by atoms with Gasteiger partial charge in [-0.1, -0.05) is 170 Å². The van der Waals surface area contributed by atoms with E-state index in [4.69, 9.17) is 29.9 Å². The zero-order chi connectivity index (χ0) is 42.8. The van der Waals surface area contributed by atoms with Crippen molar-refractivity contribution < 1.29 is 0 Å². The topological polar surface area (TPSA) is 82.3 Å². The molecule has 7 heteroatoms. The normalized spacial score (nSPS) is 14.5. The third-order valence-electron chi connectivity index (χ3n) is 12.9. The minimum absolute atomic E-state index is 0.0329. The second-order valence-electron chi connectivity index (χ2n) is 16.6. The van der Waals surface area contributed by atoms with Gasteiger partial charge in [0, 0.05) is 45.3 Å². The Morgan fingerprint density at radius 2 is 0.723 bits per heavy atom. The van der Waals surface area contributed by atoms with E-state index in [1.165, 1.54) is 33.4 Å². The van der Waals surface area contributed by atoms with Crippen LogP contribution in [-0.2, 0) is 0 Å². The highest BCUT2D eigenvalue weighted by Gasteiger charge is 2.41. The summed E-state index contributed by atoms with van der Waals surface area (Å²) in [5.41, 5.74) is 17.2. The molecular formula is C58H37N7. The lowest BCUT2D eigenvalue weighted by Crippen LogP contribution is -2.27. The summed E-state index contributed by atoms with van der Waals surface area (Å²) in [4.78, 5) is 30.9. The molecule has 3 aliphatic rings. The number of benzene rings is 8. The molecule has 0 saturated heterocycles. The maximum absolute atomic E-state index is 5.29. The molecule has 65 heavy (non-hydrogen) atoms. The van der Waals surface area contributed by atoms with E-state index in [2.05, 4.69) is 126 Å². The van der Waals surface area contributed by atoms with Crippen LogP contribution in [0, 0.1) is 0 Å². The molecule has 3 heterocycles. The molecule has 0 spiro atoms. The van der Waals surface area contributed by atoms with Crippen molar-refractivity contribution in [1.29, 1.82) is 0 Å². The molecule has 3 aromatic heterocycles. The molecule has 8 aromatic carbocycles. The van der Waals surface area contributed by atoms with Crippen LogP contribution in [-0.4, -0.2) is 34.5 Å². The van der Waals surface area contributed by atoms with Gasteiger partial charge >= 0.3 is 0 Å². The zero-order valence-electron chi connectivity index (χ0n) is 35.0. The fraction of sp³-hybridized carbons (Fsp3) is 0.0345. The van der Waals surface area contributed by atoms with Crippen LogP contribution in [0.1, 0.15) is 45.2 Å². The minimum atomic E-state index is 0.0329. The Morgan fingerprint density at radius 3 is 1.31 bits per heavy atom. The highest BCUT2D eigenvalue weighted by molar-refractivity contribution is 5.84. The monoisotopic (exact) mass is 831 g/mol. The van der Waals surface area contributed by atoms with Gasteiger partial charge in [-0.2, -0.15) is 0 Å². The summed E-state index contributed by atoms with van der Waals surface area (Å²) in [6, 6.07) is 73.9. The Labute approximate surface area is 375 Å². The predicted molar refractivity (Wildman–Crippen MR) is 257 cm³/mol. The van der Waals surface area contributed by atoms with E-state index in [1.807, 2.05) is 91.0 Å².